The predicted octanol–water partition coefficient (Wildman–Crippen LogP) is -0.175. The Morgan fingerprint density at radius 2 is 2.42 bits per heavy atom. The summed E-state index contributed by atoms with van der Waals surface area (Å²) in [5, 5.41) is 13.0. The van der Waals surface area contributed by atoms with Crippen LogP contribution in [0.4, 0.5) is 11.5 Å². The molecule has 0 bridgehead atoms. The first kappa shape index (κ1) is 8.51. The van der Waals surface area contributed by atoms with Crippen LogP contribution in [0.1, 0.15) is 0 Å². The number of hydrogen-bond donors (Lipinski definition) is 1. The summed E-state index contributed by atoms with van der Waals surface area (Å²) in [5.41, 5.74) is 0.165. The van der Waals surface area contributed by atoms with Gasteiger partial charge < -0.3 is 5.32 Å². The monoisotopic (exact) mass is 163 g/mol. The fourth-order valence-corrected chi connectivity index (χ4v) is 0.801. The zero-order chi connectivity index (χ0) is 9.14. The zero-order valence-corrected chi connectivity index (χ0v) is 6.44. The molecule has 0 atom stereocenters. The second-order valence-corrected chi connectivity index (χ2v) is 2.14. The van der Waals surface area contributed by atoms with E-state index in [-0.39, 0.29) is 17.0 Å². The van der Waals surface area contributed by atoms with Gasteiger partial charge in [-0.15, -0.1) is 0 Å². The molecule has 0 aliphatic carbocycles. The molecule has 6 heteroatoms. The quantitative estimate of drug-likeness (QED) is 0.373. The van der Waals surface area contributed by atoms with Crippen molar-refractivity contribution in [1.82, 2.24) is 4.98 Å². The minimum Gasteiger partial charge on any atom is -0.367 e. The lowest BCUT2D eigenvalue weighted by molar-refractivity contribution is -0.384. The van der Waals surface area contributed by atoms with Gasteiger partial charge in [-0.1, -0.05) is 5.46 Å². The molecule has 0 saturated heterocycles. The van der Waals surface area contributed by atoms with E-state index in [4.69, 9.17) is 7.85 Å². The molecule has 1 aromatic heterocycles. The van der Waals surface area contributed by atoms with E-state index < -0.39 is 4.92 Å². The SMILES string of the molecule is [B]c1cnc(NC)c([N+](=O)[O-])c1. The lowest BCUT2D eigenvalue weighted by Crippen LogP contribution is -2.08. The summed E-state index contributed by atoms with van der Waals surface area (Å²) < 4.78 is 0. The van der Waals surface area contributed by atoms with Crippen LogP contribution in [0.15, 0.2) is 12.3 Å². The van der Waals surface area contributed by atoms with Gasteiger partial charge in [0.1, 0.15) is 7.85 Å². The van der Waals surface area contributed by atoms with Crippen molar-refractivity contribution in [3.63, 3.8) is 0 Å². The van der Waals surface area contributed by atoms with E-state index in [0.29, 0.717) is 0 Å². The van der Waals surface area contributed by atoms with E-state index in [0.717, 1.165) is 0 Å². The number of pyridine rings is 1. The Hall–Kier alpha value is -1.59. The molecule has 1 aromatic rings. The van der Waals surface area contributed by atoms with E-state index in [1.807, 2.05) is 0 Å². The first-order chi connectivity index (χ1) is 5.65. The van der Waals surface area contributed by atoms with Gasteiger partial charge in [0.25, 0.3) is 0 Å². The van der Waals surface area contributed by atoms with Crippen LogP contribution in [-0.4, -0.2) is 24.8 Å². The molecular formula is C6H6BN3O2. The Morgan fingerprint density at radius 3 is 2.92 bits per heavy atom. The molecule has 0 fully saturated rings. The first-order valence-corrected chi connectivity index (χ1v) is 3.23. The maximum Gasteiger partial charge on any atom is 0.310 e. The highest BCUT2D eigenvalue weighted by atomic mass is 16.6. The average molecular weight is 163 g/mol. The Bertz CT molecular complexity index is 316. The van der Waals surface area contributed by atoms with E-state index in [1.54, 1.807) is 7.05 Å². The van der Waals surface area contributed by atoms with Gasteiger partial charge in [-0.05, 0) is 0 Å². The van der Waals surface area contributed by atoms with Crippen molar-refractivity contribution < 1.29 is 4.92 Å². The third-order valence-electron chi connectivity index (χ3n) is 1.32. The van der Waals surface area contributed by atoms with Crippen LogP contribution < -0.4 is 10.8 Å². The van der Waals surface area contributed by atoms with Crippen molar-refractivity contribution in [3.8, 4) is 0 Å². The predicted molar refractivity (Wildman–Crippen MR) is 45.8 cm³/mol. The highest BCUT2D eigenvalue weighted by molar-refractivity contribution is 6.32. The summed E-state index contributed by atoms with van der Waals surface area (Å²) in [5.74, 6) is 0.217. The molecule has 60 valence electrons. The second kappa shape index (κ2) is 3.21. The molecule has 1 rings (SSSR count). The van der Waals surface area contributed by atoms with Crippen molar-refractivity contribution in [1.29, 1.82) is 0 Å². The van der Waals surface area contributed by atoms with Gasteiger partial charge in [0.2, 0.25) is 5.82 Å². The molecule has 1 heterocycles. The van der Waals surface area contributed by atoms with Crippen molar-refractivity contribution in [3.05, 3.63) is 22.4 Å². The van der Waals surface area contributed by atoms with Crippen LogP contribution in [0, 0.1) is 10.1 Å². The summed E-state index contributed by atoms with van der Waals surface area (Å²) in [6.07, 6.45) is 1.36. The fraction of sp³-hybridized carbons (Fsp3) is 0.167. The summed E-state index contributed by atoms with van der Waals surface area (Å²) in [6.45, 7) is 0. The van der Waals surface area contributed by atoms with Crippen molar-refractivity contribution in [2.45, 2.75) is 0 Å². The largest absolute Gasteiger partial charge is 0.367 e. The normalized spacial score (nSPS) is 9.42. The van der Waals surface area contributed by atoms with Gasteiger partial charge in [0, 0.05) is 19.3 Å². The molecule has 0 aromatic carbocycles. The molecule has 0 spiro atoms. The maximum atomic E-state index is 10.4. The van der Waals surface area contributed by atoms with Crippen molar-refractivity contribution in [2.24, 2.45) is 0 Å². The minimum atomic E-state index is -0.533. The van der Waals surface area contributed by atoms with Crippen LogP contribution in [0.25, 0.3) is 0 Å². The van der Waals surface area contributed by atoms with Crippen LogP contribution in [-0.2, 0) is 0 Å². The summed E-state index contributed by atoms with van der Waals surface area (Å²) >= 11 is 0. The number of aromatic nitrogens is 1. The molecule has 1 N–H and O–H groups in total. The lowest BCUT2D eigenvalue weighted by atomic mass is 9.98. The third kappa shape index (κ3) is 1.53. The third-order valence-corrected chi connectivity index (χ3v) is 1.32. The van der Waals surface area contributed by atoms with Gasteiger partial charge >= 0.3 is 5.69 Å². The molecule has 5 nitrogen and oxygen atoms in total. The fourth-order valence-electron chi connectivity index (χ4n) is 0.801. The molecular weight excluding hydrogens is 157 g/mol. The van der Waals surface area contributed by atoms with Crippen LogP contribution in [0.3, 0.4) is 0 Å². The van der Waals surface area contributed by atoms with Gasteiger partial charge in [-0.3, -0.25) is 10.1 Å². The number of nitrogens with zero attached hydrogens (tertiary/aromatic N) is 2. The number of anilines is 1. The molecule has 0 aliphatic heterocycles. The molecule has 0 amide bonds. The first-order valence-electron chi connectivity index (χ1n) is 3.23. The molecule has 12 heavy (non-hydrogen) atoms. The number of hydrogen-bond acceptors (Lipinski definition) is 4. The standard InChI is InChI=1S/C6H6BN3O2/c1-8-6-5(10(11)12)2-4(7)3-9-6/h2-3H,1H3,(H,8,9). The van der Waals surface area contributed by atoms with E-state index in [2.05, 4.69) is 10.3 Å². The zero-order valence-electron chi connectivity index (χ0n) is 6.44. The van der Waals surface area contributed by atoms with Crippen LogP contribution in [0.5, 0.6) is 0 Å². The topological polar surface area (TPSA) is 68.1 Å². The van der Waals surface area contributed by atoms with Crippen LogP contribution in [0.2, 0.25) is 0 Å². The van der Waals surface area contributed by atoms with E-state index in [9.17, 15) is 10.1 Å². The highest BCUT2D eigenvalue weighted by Crippen LogP contribution is 2.17. The molecule has 2 radical (unpaired) electrons. The number of nitro groups is 1. The van der Waals surface area contributed by atoms with E-state index in [1.165, 1.54) is 12.3 Å². The molecule has 0 saturated carbocycles. The molecule has 0 unspecified atom stereocenters. The van der Waals surface area contributed by atoms with E-state index >= 15 is 0 Å². The Labute approximate surface area is 70.4 Å². The van der Waals surface area contributed by atoms with Crippen LogP contribution >= 0.6 is 0 Å². The van der Waals surface area contributed by atoms with Crippen molar-refractivity contribution >= 4 is 24.8 Å². The summed E-state index contributed by atoms with van der Waals surface area (Å²) in [4.78, 5) is 13.6. The number of nitrogens with one attached hydrogen (secondary N) is 1. The maximum absolute atomic E-state index is 10.4. The smallest absolute Gasteiger partial charge is 0.310 e. The Kier molecular flexibility index (Phi) is 2.28. The van der Waals surface area contributed by atoms with Gasteiger partial charge in [-0.25, -0.2) is 4.98 Å². The van der Waals surface area contributed by atoms with Gasteiger partial charge in [0.15, 0.2) is 0 Å². The lowest BCUT2D eigenvalue weighted by Gasteiger charge is -2.00. The Morgan fingerprint density at radius 1 is 1.75 bits per heavy atom. The second-order valence-electron chi connectivity index (χ2n) is 2.14. The molecule has 0 aliphatic rings. The highest BCUT2D eigenvalue weighted by Gasteiger charge is 2.12. The van der Waals surface area contributed by atoms with Gasteiger partial charge in [-0.2, -0.15) is 0 Å². The summed E-state index contributed by atoms with van der Waals surface area (Å²) in [7, 11) is 6.89. The minimum absolute atomic E-state index is 0.113. The average Bonchev–Trinajstić information content (AvgIpc) is 2.04. The summed E-state index contributed by atoms with van der Waals surface area (Å²) in [6, 6.07) is 1.26. The Balaban J connectivity index is 3.21. The van der Waals surface area contributed by atoms with Gasteiger partial charge in [0.05, 0.1) is 4.92 Å². The van der Waals surface area contributed by atoms with Crippen molar-refractivity contribution in [2.75, 3.05) is 12.4 Å². The number of rotatable bonds is 2.